The fraction of sp³-hybridized carbons (Fsp3) is 0.412. The number of amides is 1. The Morgan fingerprint density at radius 3 is 2.82 bits per heavy atom. The van der Waals surface area contributed by atoms with Crippen LogP contribution in [-0.4, -0.2) is 21.5 Å². The molecule has 4 nitrogen and oxygen atoms in total. The van der Waals surface area contributed by atoms with Crippen molar-refractivity contribution in [2.75, 3.05) is 0 Å². The number of aromatic nitrogens is 2. The van der Waals surface area contributed by atoms with Gasteiger partial charge in [-0.3, -0.25) is 4.79 Å². The Bertz CT molecular complexity index is 674. The summed E-state index contributed by atoms with van der Waals surface area (Å²) in [6.45, 7) is 4.08. The highest BCUT2D eigenvalue weighted by Gasteiger charge is 2.32. The Morgan fingerprint density at radius 1 is 1.41 bits per heavy atom. The molecule has 0 radical (unpaired) electrons. The molecule has 1 aliphatic rings. The van der Waals surface area contributed by atoms with E-state index in [1.807, 2.05) is 24.5 Å². The number of hydrogen-bond donors (Lipinski definition) is 1. The first kappa shape index (κ1) is 14.8. The van der Waals surface area contributed by atoms with Crippen LogP contribution < -0.4 is 5.32 Å². The van der Waals surface area contributed by atoms with Crippen LogP contribution in [0.15, 0.2) is 36.8 Å². The number of halogens is 1. The van der Waals surface area contributed by atoms with Crippen molar-refractivity contribution in [3.8, 4) is 0 Å². The summed E-state index contributed by atoms with van der Waals surface area (Å²) < 4.78 is 15.1. The molecular formula is C17H20FN3O. The summed E-state index contributed by atoms with van der Waals surface area (Å²) in [5, 5.41) is 2.99. The van der Waals surface area contributed by atoms with Crippen molar-refractivity contribution in [2.45, 2.75) is 44.7 Å². The first-order valence-electron chi connectivity index (χ1n) is 7.62. The molecule has 0 bridgehead atoms. The lowest BCUT2D eigenvalue weighted by Crippen LogP contribution is -2.43. The molecule has 1 aromatic carbocycles. The average molecular weight is 301 g/mol. The van der Waals surface area contributed by atoms with Crippen molar-refractivity contribution in [2.24, 2.45) is 0 Å². The third kappa shape index (κ3) is 3.03. The zero-order valence-corrected chi connectivity index (χ0v) is 12.8. The largest absolute Gasteiger partial charge is 0.348 e. The van der Waals surface area contributed by atoms with Gasteiger partial charge in [0, 0.05) is 18.3 Å². The van der Waals surface area contributed by atoms with Crippen LogP contribution in [0.4, 0.5) is 4.39 Å². The van der Waals surface area contributed by atoms with E-state index in [4.69, 9.17) is 0 Å². The van der Waals surface area contributed by atoms with Gasteiger partial charge in [0.2, 0.25) is 0 Å². The molecule has 0 atom stereocenters. The van der Waals surface area contributed by atoms with Crippen LogP contribution in [0.1, 0.15) is 54.7 Å². The van der Waals surface area contributed by atoms with Crippen LogP contribution in [0, 0.1) is 5.82 Å². The molecule has 1 aromatic heterocycles. The van der Waals surface area contributed by atoms with Gasteiger partial charge in [-0.2, -0.15) is 0 Å². The van der Waals surface area contributed by atoms with E-state index in [-0.39, 0.29) is 23.8 Å². The number of imidazole rings is 1. The van der Waals surface area contributed by atoms with Crippen LogP contribution in [0.5, 0.6) is 0 Å². The molecule has 1 aliphatic carbocycles. The molecule has 0 saturated heterocycles. The summed E-state index contributed by atoms with van der Waals surface area (Å²) in [6, 6.07) is 7.13. The first-order chi connectivity index (χ1) is 10.5. The van der Waals surface area contributed by atoms with E-state index < -0.39 is 0 Å². The van der Waals surface area contributed by atoms with Crippen LogP contribution in [-0.2, 0) is 0 Å². The number of carbonyl (C=O) groups is 1. The molecule has 1 N–H and O–H groups in total. The van der Waals surface area contributed by atoms with E-state index in [1.165, 1.54) is 6.07 Å². The zero-order valence-electron chi connectivity index (χ0n) is 12.8. The van der Waals surface area contributed by atoms with E-state index in [1.54, 1.807) is 24.7 Å². The Balaban J connectivity index is 1.54. The summed E-state index contributed by atoms with van der Waals surface area (Å²) in [5.41, 5.74) is 1.46. The molecule has 1 amide bonds. The summed E-state index contributed by atoms with van der Waals surface area (Å²) in [6.07, 6.45) is 5.14. The Kier molecular flexibility index (Phi) is 3.96. The average Bonchev–Trinajstić information content (AvgIpc) is 2.92. The number of nitrogens with one attached hydrogen (secondary N) is 1. The summed E-state index contributed by atoms with van der Waals surface area (Å²) in [5.74, 6) is -0.0134. The minimum atomic E-state index is -0.204. The predicted octanol–water partition coefficient (Wildman–Crippen LogP) is 3.28. The highest BCUT2D eigenvalue weighted by molar-refractivity contribution is 5.92. The summed E-state index contributed by atoms with van der Waals surface area (Å²) >= 11 is 0. The maximum atomic E-state index is 13.2. The van der Waals surface area contributed by atoms with Crippen molar-refractivity contribution in [3.63, 3.8) is 0 Å². The van der Waals surface area contributed by atoms with Gasteiger partial charge < -0.3 is 9.88 Å². The van der Waals surface area contributed by atoms with Gasteiger partial charge in [-0.1, -0.05) is 12.1 Å². The Morgan fingerprint density at radius 2 is 2.18 bits per heavy atom. The Labute approximate surface area is 129 Å². The molecule has 3 rings (SSSR count). The molecular weight excluding hydrogens is 281 g/mol. The second-order valence-electron chi connectivity index (χ2n) is 6.19. The predicted molar refractivity (Wildman–Crippen MR) is 82.2 cm³/mol. The minimum absolute atomic E-state index is 0.137. The van der Waals surface area contributed by atoms with Crippen molar-refractivity contribution in [1.82, 2.24) is 14.9 Å². The highest BCUT2D eigenvalue weighted by Crippen LogP contribution is 2.37. The number of benzene rings is 1. The number of carbonyl (C=O) groups excluding carboxylic acids is 1. The molecule has 1 heterocycles. The smallest absolute Gasteiger partial charge is 0.271 e. The summed E-state index contributed by atoms with van der Waals surface area (Å²) in [7, 11) is 0. The molecule has 0 spiro atoms. The normalized spacial score (nSPS) is 20.7. The molecule has 1 fully saturated rings. The first-order valence-corrected chi connectivity index (χ1v) is 7.62. The maximum absolute atomic E-state index is 13.2. The van der Waals surface area contributed by atoms with Crippen LogP contribution in [0.25, 0.3) is 0 Å². The molecule has 116 valence electrons. The van der Waals surface area contributed by atoms with Gasteiger partial charge in [0.25, 0.3) is 5.91 Å². The third-order valence-electron chi connectivity index (χ3n) is 4.22. The second kappa shape index (κ2) is 5.91. The molecule has 0 aliphatic heterocycles. The molecule has 1 saturated carbocycles. The summed E-state index contributed by atoms with van der Waals surface area (Å²) in [4.78, 5) is 16.3. The van der Waals surface area contributed by atoms with Crippen LogP contribution in [0.2, 0.25) is 0 Å². The Hall–Kier alpha value is -2.17. The molecule has 22 heavy (non-hydrogen) atoms. The van der Waals surface area contributed by atoms with E-state index in [9.17, 15) is 9.18 Å². The molecule has 0 unspecified atom stereocenters. The van der Waals surface area contributed by atoms with E-state index in [0.29, 0.717) is 11.6 Å². The number of rotatable bonds is 4. The molecule has 5 heteroatoms. The van der Waals surface area contributed by atoms with E-state index >= 15 is 0 Å². The zero-order chi connectivity index (χ0) is 15.7. The highest BCUT2D eigenvalue weighted by atomic mass is 19.1. The quantitative estimate of drug-likeness (QED) is 0.942. The lowest BCUT2D eigenvalue weighted by molar-refractivity contribution is 0.0904. The SMILES string of the molecule is CC(C)n1cnc(C(=O)NC2CC(c3cccc(F)c3)C2)c1. The van der Waals surface area contributed by atoms with Crippen molar-refractivity contribution in [1.29, 1.82) is 0 Å². The number of hydrogen-bond acceptors (Lipinski definition) is 2. The third-order valence-corrected chi connectivity index (χ3v) is 4.22. The van der Waals surface area contributed by atoms with Gasteiger partial charge in [0.05, 0.1) is 6.33 Å². The van der Waals surface area contributed by atoms with Gasteiger partial charge in [0.1, 0.15) is 11.5 Å². The van der Waals surface area contributed by atoms with Gasteiger partial charge >= 0.3 is 0 Å². The van der Waals surface area contributed by atoms with Gasteiger partial charge in [-0.05, 0) is 50.3 Å². The van der Waals surface area contributed by atoms with Crippen LogP contribution >= 0.6 is 0 Å². The van der Waals surface area contributed by atoms with Crippen molar-refractivity contribution < 1.29 is 9.18 Å². The standard InChI is InChI=1S/C17H20FN3O/c1-11(2)21-9-16(19-10-21)17(22)20-15-7-13(8-15)12-4-3-5-14(18)6-12/h3-6,9-11,13,15H,7-8H2,1-2H3,(H,20,22). The fourth-order valence-corrected chi connectivity index (χ4v) is 2.76. The topological polar surface area (TPSA) is 46.9 Å². The molecule has 2 aromatic rings. The van der Waals surface area contributed by atoms with Gasteiger partial charge in [-0.25, -0.2) is 9.37 Å². The van der Waals surface area contributed by atoms with E-state index in [2.05, 4.69) is 10.3 Å². The van der Waals surface area contributed by atoms with Crippen molar-refractivity contribution in [3.05, 3.63) is 53.9 Å². The van der Waals surface area contributed by atoms with Gasteiger partial charge in [-0.15, -0.1) is 0 Å². The van der Waals surface area contributed by atoms with Gasteiger partial charge in [0.15, 0.2) is 0 Å². The lowest BCUT2D eigenvalue weighted by atomic mass is 9.76. The fourth-order valence-electron chi connectivity index (χ4n) is 2.76. The second-order valence-corrected chi connectivity index (χ2v) is 6.19. The maximum Gasteiger partial charge on any atom is 0.271 e. The number of nitrogens with zero attached hydrogens (tertiary/aromatic N) is 2. The van der Waals surface area contributed by atoms with Crippen LogP contribution in [0.3, 0.4) is 0 Å². The van der Waals surface area contributed by atoms with E-state index in [0.717, 1.165) is 18.4 Å². The van der Waals surface area contributed by atoms with Crippen molar-refractivity contribution >= 4 is 5.91 Å². The monoisotopic (exact) mass is 301 g/mol. The minimum Gasteiger partial charge on any atom is -0.348 e. The lowest BCUT2D eigenvalue weighted by Gasteiger charge is -2.36.